The maximum absolute atomic E-state index is 12.1. The van der Waals surface area contributed by atoms with Gasteiger partial charge in [-0.25, -0.2) is 0 Å². The van der Waals surface area contributed by atoms with Gasteiger partial charge in [0.15, 0.2) is 0 Å². The predicted molar refractivity (Wildman–Crippen MR) is 63.0 cm³/mol. The van der Waals surface area contributed by atoms with Crippen LogP contribution in [-0.4, -0.2) is 43.9 Å². The summed E-state index contributed by atoms with van der Waals surface area (Å²) in [4.78, 5) is 14.9. The topological polar surface area (TPSA) is 32.8 Å². The molecular weight excluding hydrogens is 261 g/mol. The summed E-state index contributed by atoms with van der Waals surface area (Å²) in [6.45, 7) is 1.28. The highest BCUT2D eigenvalue weighted by atomic mass is 19.4. The van der Waals surface area contributed by atoms with Crippen molar-refractivity contribution in [1.82, 2.24) is 4.90 Å². The molecule has 0 atom stereocenters. The van der Waals surface area contributed by atoms with Crippen LogP contribution in [0.25, 0.3) is 0 Å². The second-order valence-electron chi connectivity index (χ2n) is 4.28. The molecular formula is C12H13F3N2O2. The third-order valence-corrected chi connectivity index (χ3v) is 2.87. The van der Waals surface area contributed by atoms with Crippen molar-refractivity contribution < 1.29 is 22.7 Å². The van der Waals surface area contributed by atoms with Gasteiger partial charge in [0.25, 0.3) is 0 Å². The number of benzene rings is 1. The average Bonchev–Trinajstić information content (AvgIpc) is 2.31. The number of hydrogen-bond acceptors (Lipinski definition) is 3. The quantitative estimate of drug-likeness (QED) is 0.825. The summed E-state index contributed by atoms with van der Waals surface area (Å²) in [7, 11) is 1.70. The Bertz CT molecular complexity index is 476. The number of carbonyl (C=O) groups is 1. The van der Waals surface area contributed by atoms with E-state index in [2.05, 4.69) is 4.74 Å². The lowest BCUT2D eigenvalue weighted by Crippen LogP contribution is -2.48. The molecule has 104 valence electrons. The summed E-state index contributed by atoms with van der Waals surface area (Å²) in [5.41, 5.74) is 0.545. The molecule has 0 unspecified atom stereocenters. The molecule has 1 saturated heterocycles. The van der Waals surface area contributed by atoms with Crippen molar-refractivity contribution in [3.05, 3.63) is 24.3 Å². The van der Waals surface area contributed by atoms with Crippen LogP contribution in [0.4, 0.5) is 18.9 Å². The molecule has 2 rings (SSSR count). The fourth-order valence-electron chi connectivity index (χ4n) is 1.86. The molecule has 1 aliphatic heterocycles. The Kier molecular flexibility index (Phi) is 3.55. The molecule has 19 heavy (non-hydrogen) atoms. The minimum atomic E-state index is -4.71. The van der Waals surface area contributed by atoms with Crippen molar-refractivity contribution in [2.45, 2.75) is 6.36 Å². The van der Waals surface area contributed by atoms with Crippen LogP contribution in [0, 0.1) is 0 Å². The molecule has 0 radical (unpaired) electrons. The molecule has 0 bridgehead atoms. The first-order valence-electron chi connectivity index (χ1n) is 5.70. The van der Waals surface area contributed by atoms with Gasteiger partial charge in [0, 0.05) is 31.9 Å². The average molecular weight is 274 g/mol. The Morgan fingerprint density at radius 1 is 1.26 bits per heavy atom. The van der Waals surface area contributed by atoms with E-state index in [1.807, 2.05) is 0 Å². The first-order valence-corrected chi connectivity index (χ1v) is 5.70. The van der Waals surface area contributed by atoms with Crippen LogP contribution in [0.2, 0.25) is 0 Å². The fourth-order valence-corrected chi connectivity index (χ4v) is 1.86. The van der Waals surface area contributed by atoms with Crippen LogP contribution in [0.15, 0.2) is 24.3 Å². The standard InChI is InChI=1S/C12H13F3N2O2/c1-16-5-6-17(8-11(16)18)9-3-2-4-10(7-9)19-12(13,14)15/h2-4,7H,5-6,8H2,1H3. The van der Waals surface area contributed by atoms with Gasteiger partial charge in [-0.3, -0.25) is 4.79 Å². The van der Waals surface area contributed by atoms with E-state index in [-0.39, 0.29) is 18.2 Å². The van der Waals surface area contributed by atoms with Crippen molar-refractivity contribution in [3.8, 4) is 5.75 Å². The van der Waals surface area contributed by atoms with E-state index in [9.17, 15) is 18.0 Å². The van der Waals surface area contributed by atoms with E-state index in [0.29, 0.717) is 18.8 Å². The van der Waals surface area contributed by atoms with Crippen LogP contribution < -0.4 is 9.64 Å². The van der Waals surface area contributed by atoms with Crippen molar-refractivity contribution >= 4 is 11.6 Å². The van der Waals surface area contributed by atoms with Crippen molar-refractivity contribution in [1.29, 1.82) is 0 Å². The van der Waals surface area contributed by atoms with E-state index < -0.39 is 6.36 Å². The summed E-state index contributed by atoms with van der Waals surface area (Å²) >= 11 is 0. The highest BCUT2D eigenvalue weighted by molar-refractivity contribution is 5.82. The van der Waals surface area contributed by atoms with Gasteiger partial charge in [-0.2, -0.15) is 0 Å². The maximum atomic E-state index is 12.1. The molecule has 1 aliphatic rings. The molecule has 1 aromatic rings. The number of amides is 1. The number of ether oxygens (including phenoxy) is 1. The van der Waals surface area contributed by atoms with Crippen LogP contribution in [-0.2, 0) is 4.79 Å². The molecule has 1 heterocycles. The normalized spacial score (nSPS) is 16.7. The van der Waals surface area contributed by atoms with Gasteiger partial charge in [0.2, 0.25) is 5.91 Å². The Hall–Kier alpha value is -1.92. The Balaban J connectivity index is 2.13. The van der Waals surface area contributed by atoms with E-state index >= 15 is 0 Å². The SMILES string of the molecule is CN1CCN(c2cccc(OC(F)(F)F)c2)CC1=O. The van der Waals surface area contributed by atoms with Gasteiger partial charge >= 0.3 is 6.36 Å². The molecule has 0 spiro atoms. The predicted octanol–water partition coefficient (Wildman–Crippen LogP) is 1.86. The van der Waals surface area contributed by atoms with Crippen molar-refractivity contribution in [2.75, 3.05) is 31.6 Å². The summed E-state index contributed by atoms with van der Waals surface area (Å²) in [6.07, 6.45) is -4.71. The lowest BCUT2D eigenvalue weighted by atomic mass is 10.2. The molecule has 0 saturated carbocycles. The summed E-state index contributed by atoms with van der Waals surface area (Å²) in [5, 5.41) is 0. The largest absolute Gasteiger partial charge is 0.573 e. The number of nitrogens with zero attached hydrogens (tertiary/aromatic N) is 2. The second kappa shape index (κ2) is 4.99. The number of anilines is 1. The number of likely N-dealkylation sites (N-methyl/N-ethyl adjacent to an activating group) is 1. The van der Waals surface area contributed by atoms with Crippen molar-refractivity contribution in [3.63, 3.8) is 0 Å². The zero-order chi connectivity index (χ0) is 14.0. The van der Waals surface area contributed by atoms with Crippen LogP contribution in [0.3, 0.4) is 0 Å². The molecule has 0 N–H and O–H groups in total. The molecule has 0 aliphatic carbocycles. The zero-order valence-corrected chi connectivity index (χ0v) is 10.3. The number of hydrogen-bond donors (Lipinski definition) is 0. The van der Waals surface area contributed by atoms with E-state index in [0.717, 1.165) is 0 Å². The van der Waals surface area contributed by atoms with Gasteiger partial charge in [-0.05, 0) is 12.1 Å². The lowest BCUT2D eigenvalue weighted by Gasteiger charge is -2.33. The van der Waals surface area contributed by atoms with Gasteiger partial charge in [0.05, 0.1) is 6.54 Å². The van der Waals surface area contributed by atoms with Crippen LogP contribution >= 0.6 is 0 Å². The van der Waals surface area contributed by atoms with Crippen molar-refractivity contribution in [2.24, 2.45) is 0 Å². The number of alkyl halides is 3. The van der Waals surface area contributed by atoms with Crippen LogP contribution in [0.5, 0.6) is 5.75 Å². The minimum absolute atomic E-state index is 0.0617. The molecule has 1 amide bonds. The van der Waals surface area contributed by atoms with Gasteiger partial charge in [0.1, 0.15) is 5.75 Å². The zero-order valence-electron chi connectivity index (χ0n) is 10.3. The molecule has 7 heteroatoms. The van der Waals surface area contributed by atoms with E-state index in [4.69, 9.17) is 0 Å². The number of carbonyl (C=O) groups excluding carboxylic acids is 1. The highest BCUT2D eigenvalue weighted by Crippen LogP contribution is 2.27. The number of rotatable bonds is 2. The molecule has 1 aromatic carbocycles. The first-order chi connectivity index (χ1) is 8.85. The maximum Gasteiger partial charge on any atom is 0.573 e. The monoisotopic (exact) mass is 274 g/mol. The number of halogens is 3. The van der Waals surface area contributed by atoms with Gasteiger partial charge < -0.3 is 14.5 Å². The smallest absolute Gasteiger partial charge is 0.406 e. The first kappa shape index (κ1) is 13.5. The molecule has 4 nitrogen and oxygen atoms in total. The highest BCUT2D eigenvalue weighted by Gasteiger charge is 2.31. The van der Waals surface area contributed by atoms with Gasteiger partial charge in [-0.15, -0.1) is 13.2 Å². The van der Waals surface area contributed by atoms with E-state index in [1.54, 1.807) is 22.9 Å². The summed E-state index contributed by atoms with van der Waals surface area (Å²) in [6, 6.07) is 5.64. The second-order valence-corrected chi connectivity index (χ2v) is 4.28. The van der Waals surface area contributed by atoms with Gasteiger partial charge in [-0.1, -0.05) is 6.07 Å². The summed E-state index contributed by atoms with van der Waals surface area (Å²) in [5.74, 6) is -0.343. The molecule has 0 aromatic heterocycles. The third kappa shape index (κ3) is 3.52. The lowest BCUT2D eigenvalue weighted by molar-refractivity contribution is -0.274. The summed E-state index contributed by atoms with van der Waals surface area (Å²) < 4.78 is 40.3. The molecule has 1 fully saturated rings. The van der Waals surface area contributed by atoms with E-state index in [1.165, 1.54) is 18.2 Å². The van der Waals surface area contributed by atoms with Crippen LogP contribution in [0.1, 0.15) is 0 Å². The Morgan fingerprint density at radius 2 is 2.00 bits per heavy atom. The number of piperazine rings is 1. The third-order valence-electron chi connectivity index (χ3n) is 2.87. The fraction of sp³-hybridized carbons (Fsp3) is 0.417. The Morgan fingerprint density at radius 3 is 2.63 bits per heavy atom. The Labute approximate surface area is 108 Å². The minimum Gasteiger partial charge on any atom is -0.406 e.